The molecular weight excluding hydrogens is 316 g/mol. The summed E-state index contributed by atoms with van der Waals surface area (Å²) in [4.78, 5) is 16.3. The Morgan fingerprint density at radius 3 is 2.88 bits per heavy atom. The third-order valence-corrected chi connectivity index (χ3v) is 4.14. The molecule has 6 heteroatoms. The normalized spacial score (nSPS) is 15.6. The topological polar surface area (TPSA) is 69.0 Å². The second kappa shape index (κ2) is 6.76. The first-order valence-corrected chi connectivity index (χ1v) is 8.23. The van der Waals surface area contributed by atoms with Gasteiger partial charge in [-0.05, 0) is 23.8 Å². The summed E-state index contributed by atoms with van der Waals surface area (Å²) in [6.07, 6.45) is 4.16. The number of fused-ring (bicyclic) bond motifs is 1. The highest BCUT2D eigenvalue weighted by Crippen LogP contribution is 2.21. The number of amides is 1. The van der Waals surface area contributed by atoms with Crippen LogP contribution in [-0.2, 0) is 19.5 Å². The lowest BCUT2D eigenvalue weighted by molar-refractivity contribution is 0.0944. The third kappa shape index (κ3) is 3.52. The van der Waals surface area contributed by atoms with Crippen LogP contribution in [0.2, 0.25) is 0 Å². The first-order chi connectivity index (χ1) is 12.3. The molecule has 0 radical (unpaired) electrons. The fourth-order valence-electron chi connectivity index (χ4n) is 2.94. The van der Waals surface area contributed by atoms with Crippen LogP contribution in [0.25, 0.3) is 0 Å². The summed E-state index contributed by atoms with van der Waals surface area (Å²) in [5.41, 5.74) is 2.53. The van der Waals surface area contributed by atoms with E-state index < -0.39 is 0 Å². The van der Waals surface area contributed by atoms with Crippen LogP contribution >= 0.6 is 0 Å². The standard InChI is InChI=1S/C19H18N4O2/c24-19(21-11-14-5-2-1-3-6-14)18-10-15-9-17(13-23(15)22-18)25-16-7-4-8-20-12-16/h1-8,10,12,17H,9,11,13H2,(H,21,24)/t17-/m0/s1. The zero-order valence-corrected chi connectivity index (χ0v) is 13.6. The van der Waals surface area contributed by atoms with E-state index in [-0.39, 0.29) is 12.0 Å². The molecule has 1 N–H and O–H groups in total. The molecule has 0 saturated carbocycles. The van der Waals surface area contributed by atoms with E-state index >= 15 is 0 Å². The molecule has 0 saturated heterocycles. The Kier molecular flexibility index (Phi) is 4.16. The molecule has 2 aromatic heterocycles. The second-order valence-electron chi connectivity index (χ2n) is 6.00. The number of aromatic nitrogens is 3. The SMILES string of the molecule is O=C(NCc1ccccc1)c1cc2n(n1)C[C@@H](Oc1cccnc1)C2. The van der Waals surface area contributed by atoms with E-state index in [4.69, 9.17) is 4.74 Å². The summed E-state index contributed by atoms with van der Waals surface area (Å²) in [7, 11) is 0. The van der Waals surface area contributed by atoms with Crippen molar-refractivity contribution in [2.75, 3.05) is 0 Å². The van der Waals surface area contributed by atoms with Gasteiger partial charge < -0.3 is 10.1 Å². The Balaban J connectivity index is 1.35. The minimum absolute atomic E-state index is 0.0214. The summed E-state index contributed by atoms with van der Waals surface area (Å²) < 4.78 is 7.74. The maximum absolute atomic E-state index is 12.3. The molecule has 0 unspecified atom stereocenters. The summed E-state index contributed by atoms with van der Waals surface area (Å²) in [5.74, 6) is 0.592. The Bertz CT molecular complexity index is 838. The summed E-state index contributed by atoms with van der Waals surface area (Å²) in [5, 5.41) is 7.30. The molecule has 25 heavy (non-hydrogen) atoms. The number of ether oxygens (including phenoxy) is 1. The van der Waals surface area contributed by atoms with Gasteiger partial charge in [0.15, 0.2) is 0 Å². The summed E-state index contributed by atoms with van der Waals surface area (Å²) >= 11 is 0. The Morgan fingerprint density at radius 1 is 1.24 bits per heavy atom. The minimum atomic E-state index is -0.157. The van der Waals surface area contributed by atoms with Crippen molar-refractivity contribution in [2.24, 2.45) is 0 Å². The van der Waals surface area contributed by atoms with Gasteiger partial charge in [0.2, 0.25) is 0 Å². The zero-order valence-electron chi connectivity index (χ0n) is 13.6. The van der Waals surface area contributed by atoms with Gasteiger partial charge in [-0.2, -0.15) is 5.10 Å². The van der Waals surface area contributed by atoms with E-state index in [1.807, 2.05) is 53.2 Å². The Hall–Kier alpha value is -3.15. The largest absolute Gasteiger partial charge is 0.486 e. The van der Waals surface area contributed by atoms with Gasteiger partial charge in [-0.15, -0.1) is 0 Å². The summed E-state index contributed by atoms with van der Waals surface area (Å²) in [6, 6.07) is 15.4. The molecule has 3 aromatic rings. The average Bonchev–Trinajstić information content (AvgIpc) is 3.20. The fraction of sp³-hybridized carbons (Fsp3) is 0.211. The predicted octanol–water partition coefficient (Wildman–Crippen LogP) is 2.21. The van der Waals surface area contributed by atoms with Gasteiger partial charge >= 0.3 is 0 Å². The van der Waals surface area contributed by atoms with Crippen LogP contribution in [0.5, 0.6) is 5.75 Å². The molecule has 6 nitrogen and oxygen atoms in total. The molecule has 0 bridgehead atoms. The van der Waals surface area contributed by atoms with E-state index in [9.17, 15) is 4.79 Å². The van der Waals surface area contributed by atoms with Gasteiger partial charge in [0.05, 0.1) is 12.7 Å². The first kappa shape index (κ1) is 15.4. The molecule has 1 amide bonds. The number of benzene rings is 1. The van der Waals surface area contributed by atoms with Crippen LogP contribution in [0.1, 0.15) is 21.7 Å². The molecule has 0 spiro atoms. The van der Waals surface area contributed by atoms with Crippen LogP contribution < -0.4 is 10.1 Å². The van der Waals surface area contributed by atoms with Gasteiger partial charge in [-0.25, -0.2) is 0 Å². The van der Waals surface area contributed by atoms with Gasteiger partial charge in [-0.3, -0.25) is 14.5 Å². The molecule has 1 atom stereocenters. The lowest BCUT2D eigenvalue weighted by Gasteiger charge is -2.12. The molecule has 0 fully saturated rings. The number of nitrogens with one attached hydrogen (secondary N) is 1. The van der Waals surface area contributed by atoms with E-state index in [2.05, 4.69) is 15.4 Å². The molecule has 1 aromatic carbocycles. The van der Waals surface area contributed by atoms with Crippen LogP contribution in [0.3, 0.4) is 0 Å². The van der Waals surface area contributed by atoms with Crippen molar-refractivity contribution in [3.63, 3.8) is 0 Å². The smallest absolute Gasteiger partial charge is 0.272 e. The molecule has 0 aliphatic carbocycles. The monoisotopic (exact) mass is 334 g/mol. The quantitative estimate of drug-likeness (QED) is 0.777. The Morgan fingerprint density at radius 2 is 2.12 bits per heavy atom. The predicted molar refractivity (Wildman–Crippen MR) is 92.2 cm³/mol. The number of hydrogen-bond donors (Lipinski definition) is 1. The van der Waals surface area contributed by atoms with Crippen molar-refractivity contribution in [3.8, 4) is 5.75 Å². The van der Waals surface area contributed by atoms with Gasteiger partial charge in [0.1, 0.15) is 17.5 Å². The van der Waals surface area contributed by atoms with Gasteiger partial charge in [-0.1, -0.05) is 30.3 Å². The average molecular weight is 334 g/mol. The van der Waals surface area contributed by atoms with Crippen molar-refractivity contribution >= 4 is 5.91 Å². The van der Waals surface area contributed by atoms with Crippen molar-refractivity contribution in [3.05, 3.63) is 77.9 Å². The lowest BCUT2D eigenvalue weighted by Crippen LogP contribution is -2.24. The number of carbonyl (C=O) groups excluding carboxylic acids is 1. The molecule has 1 aliphatic heterocycles. The molecule has 4 rings (SSSR count). The van der Waals surface area contributed by atoms with E-state index in [1.54, 1.807) is 12.4 Å². The van der Waals surface area contributed by atoms with Crippen molar-refractivity contribution < 1.29 is 9.53 Å². The number of nitrogens with zero attached hydrogens (tertiary/aromatic N) is 3. The van der Waals surface area contributed by atoms with Crippen LogP contribution in [0.4, 0.5) is 0 Å². The number of carbonyl (C=O) groups is 1. The molecule has 3 heterocycles. The number of pyridine rings is 1. The van der Waals surface area contributed by atoms with Gasteiger partial charge in [0.25, 0.3) is 5.91 Å². The number of rotatable bonds is 5. The van der Waals surface area contributed by atoms with Crippen molar-refractivity contribution in [2.45, 2.75) is 25.6 Å². The van der Waals surface area contributed by atoms with Crippen LogP contribution in [0, 0.1) is 0 Å². The maximum atomic E-state index is 12.3. The van der Waals surface area contributed by atoms with Crippen molar-refractivity contribution in [1.29, 1.82) is 0 Å². The van der Waals surface area contributed by atoms with Crippen LogP contribution in [0.15, 0.2) is 60.9 Å². The lowest BCUT2D eigenvalue weighted by atomic mass is 10.2. The third-order valence-electron chi connectivity index (χ3n) is 4.14. The Labute approximate surface area is 145 Å². The molecular formula is C19H18N4O2. The molecule has 126 valence electrons. The summed E-state index contributed by atoms with van der Waals surface area (Å²) in [6.45, 7) is 1.13. The maximum Gasteiger partial charge on any atom is 0.272 e. The second-order valence-corrected chi connectivity index (χ2v) is 6.00. The highest BCUT2D eigenvalue weighted by atomic mass is 16.5. The molecule has 1 aliphatic rings. The van der Waals surface area contributed by atoms with Crippen LogP contribution in [-0.4, -0.2) is 26.8 Å². The van der Waals surface area contributed by atoms with E-state index in [0.29, 0.717) is 18.8 Å². The number of hydrogen-bond acceptors (Lipinski definition) is 4. The van der Waals surface area contributed by atoms with E-state index in [0.717, 1.165) is 23.4 Å². The van der Waals surface area contributed by atoms with E-state index in [1.165, 1.54) is 0 Å². The van der Waals surface area contributed by atoms with Crippen molar-refractivity contribution in [1.82, 2.24) is 20.1 Å². The first-order valence-electron chi connectivity index (χ1n) is 8.23. The highest BCUT2D eigenvalue weighted by molar-refractivity contribution is 5.92. The zero-order chi connectivity index (χ0) is 17.1. The minimum Gasteiger partial charge on any atom is -0.486 e. The van der Waals surface area contributed by atoms with Gasteiger partial charge in [0, 0.05) is 24.9 Å². The fourth-order valence-corrected chi connectivity index (χ4v) is 2.94. The highest BCUT2D eigenvalue weighted by Gasteiger charge is 2.26.